The van der Waals surface area contributed by atoms with Crippen LogP contribution in [0.5, 0.6) is 0 Å². The minimum absolute atomic E-state index is 0.173. The van der Waals surface area contributed by atoms with Crippen LogP contribution in [0.2, 0.25) is 0 Å². The number of oxime groups is 1. The van der Waals surface area contributed by atoms with Crippen molar-refractivity contribution in [3.63, 3.8) is 0 Å². The molecule has 5 nitrogen and oxygen atoms in total. The van der Waals surface area contributed by atoms with Gasteiger partial charge in [-0.05, 0) is 18.8 Å². The fourth-order valence-corrected chi connectivity index (χ4v) is 1.49. The summed E-state index contributed by atoms with van der Waals surface area (Å²) in [7, 11) is 1.82. The molecule has 3 N–H and O–H groups in total. The van der Waals surface area contributed by atoms with Crippen molar-refractivity contribution in [2.45, 2.75) is 12.8 Å². The number of nitrogens with two attached hydrogens (primary N) is 1. The molecule has 0 aliphatic carbocycles. The molecular formula is C8H17N3O2. The number of hydrogen-bond donors (Lipinski definition) is 2. The topological polar surface area (TPSA) is 71.1 Å². The van der Waals surface area contributed by atoms with E-state index in [1.807, 2.05) is 7.05 Å². The van der Waals surface area contributed by atoms with Gasteiger partial charge in [-0.2, -0.15) is 0 Å². The first kappa shape index (κ1) is 10.1. The maximum Gasteiger partial charge on any atom is 0.233 e. The second-order valence-corrected chi connectivity index (χ2v) is 3.39. The third-order valence-electron chi connectivity index (χ3n) is 2.37. The zero-order chi connectivity index (χ0) is 9.68. The van der Waals surface area contributed by atoms with Gasteiger partial charge in [0.2, 0.25) is 5.96 Å². The van der Waals surface area contributed by atoms with Gasteiger partial charge < -0.3 is 20.6 Å². The van der Waals surface area contributed by atoms with E-state index >= 15 is 0 Å². The summed E-state index contributed by atoms with van der Waals surface area (Å²) in [6.07, 6.45) is 2.12. The van der Waals surface area contributed by atoms with Gasteiger partial charge in [-0.15, -0.1) is 0 Å². The van der Waals surface area contributed by atoms with E-state index in [2.05, 4.69) is 5.16 Å². The van der Waals surface area contributed by atoms with E-state index in [4.69, 9.17) is 15.7 Å². The van der Waals surface area contributed by atoms with Crippen molar-refractivity contribution in [1.29, 1.82) is 0 Å². The molecule has 0 aromatic carbocycles. The predicted octanol–water partition coefficient (Wildman–Crippen LogP) is 0.0487. The first-order valence-corrected chi connectivity index (χ1v) is 4.50. The van der Waals surface area contributed by atoms with Crippen LogP contribution < -0.4 is 5.73 Å². The Morgan fingerprint density at radius 3 is 2.77 bits per heavy atom. The number of ether oxygens (including phenoxy) is 1. The molecule has 1 aliphatic rings. The van der Waals surface area contributed by atoms with Gasteiger partial charge in [0.25, 0.3) is 0 Å². The lowest BCUT2D eigenvalue weighted by molar-refractivity contribution is 0.0609. The molecule has 0 saturated carbocycles. The smallest absolute Gasteiger partial charge is 0.233 e. The molecule has 1 rings (SSSR count). The number of guanidine groups is 1. The SMILES string of the molecule is CN(CC1CCOCC1)/C(N)=N/O. The predicted molar refractivity (Wildman–Crippen MR) is 49.6 cm³/mol. The lowest BCUT2D eigenvalue weighted by atomic mass is 10.0. The average molecular weight is 187 g/mol. The summed E-state index contributed by atoms with van der Waals surface area (Å²) in [5.74, 6) is 0.769. The lowest BCUT2D eigenvalue weighted by Crippen LogP contribution is -2.38. The molecule has 0 atom stereocenters. The van der Waals surface area contributed by atoms with Crippen LogP contribution in [0.1, 0.15) is 12.8 Å². The summed E-state index contributed by atoms with van der Waals surface area (Å²) in [6.45, 7) is 2.49. The number of rotatable bonds is 2. The van der Waals surface area contributed by atoms with Crippen LogP contribution in [0, 0.1) is 5.92 Å². The molecule has 0 aromatic heterocycles. The van der Waals surface area contributed by atoms with Crippen molar-refractivity contribution in [2.24, 2.45) is 16.8 Å². The van der Waals surface area contributed by atoms with E-state index < -0.39 is 0 Å². The van der Waals surface area contributed by atoms with Crippen LogP contribution in [-0.2, 0) is 4.74 Å². The van der Waals surface area contributed by atoms with E-state index in [9.17, 15) is 0 Å². The molecule has 0 aromatic rings. The van der Waals surface area contributed by atoms with Gasteiger partial charge in [-0.3, -0.25) is 0 Å². The summed E-state index contributed by atoms with van der Waals surface area (Å²) in [5.41, 5.74) is 5.43. The van der Waals surface area contributed by atoms with E-state index in [0.717, 1.165) is 32.6 Å². The van der Waals surface area contributed by atoms with Gasteiger partial charge in [-0.1, -0.05) is 5.16 Å². The fourth-order valence-electron chi connectivity index (χ4n) is 1.49. The van der Waals surface area contributed by atoms with Crippen molar-refractivity contribution >= 4 is 5.96 Å². The molecule has 0 amide bonds. The van der Waals surface area contributed by atoms with Crippen molar-refractivity contribution in [1.82, 2.24) is 4.90 Å². The molecule has 0 radical (unpaired) electrons. The van der Waals surface area contributed by atoms with Gasteiger partial charge in [0.15, 0.2) is 0 Å². The zero-order valence-electron chi connectivity index (χ0n) is 7.94. The third-order valence-corrected chi connectivity index (χ3v) is 2.37. The van der Waals surface area contributed by atoms with Crippen molar-refractivity contribution in [3.05, 3.63) is 0 Å². The van der Waals surface area contributed by atoms with E-state index in [1.54, 1.807) is 4.90 Å². The van der Waals surface area contributed by atoms with Crippen molar-refractivity contribution < 1.29 is 9.94 Å². The normalized spacial score (nSPS) is 20.2. The van der Waals surface area contributed by atoms with E-state index in [-0.39, 0.29) is 5.96 Å². The largest absolute Gasteiger partial charge is 0.408 e. The highest BCUT2D eigenvalue weighted by Gasteiger charge is 2.16. The molecule has 1 saturated heterocycles. The van der Waals surface area contributed by atoms with Gasteiger partial charge >= 0.3 is 0 Å². The van der Waals surface area contributed by atoms with Crippen LogP contribution in [0.25, 0.3) is 0 Å². The first-order chi connectivity index (χ1) is 6.24. The van der Waals surface area contributed by atoms with Crippen molar-refractivity contribution in [2.75, 3.05) is 26.8 Å². The van der Waals surface area contributed by atoms with E-state index in [0.29, 0.717) is 5.92 Å². The van der Waals surface area contributed by atoms with Crippen LogP contribution in [-0.4, -0.2) is 42.9 Å². The average Bonchev–Trinajstić information content (AvgIpc) is 2.18. The molecule has 0 bridgehead atoms. The Morgan fingerprint density at radius 1 is 1.62 bits per heavy atom. The summed E-state index contributed by atoms with van der Waals surface area (Å²) in [6, 6.07) is 0. The van der Waals surface area contributed by atoms with Gasteiger partial charge in [0.1, 0.15) is 0 Å². The summed E-state index contributed by atoms with van der Waals surface area (Å²) >= 11 is 0. The Balaban J connectivity index is 2.30. The highest BCUT2D eigenvalue weighted by molar-refractivity contribution is 5.76. The number of hydrogen-bond acceptors (Lipinski definition) is 3. The zero-order valence-corrected chi connectivity index (χ0v) is 7.94. The maximum atomic E-state index is 8.43. The Labute approximate surface area is 78.1 Å². The highest BCUT2D eigenvalue weighted by atomic mass is 16.5. The minimum Gasteiger partial charge on any atom is -0.408 e. The van der Waals surface area contributed by atoms with Crippen LogP contribution in [0.3, 0.4) is 0 Å². The third kappa shape index (κ3) is 3.10. The molecule has 76 valence electrons. The van der Waals surface area contributed by atoms with Gasteiger partial charge in [-0.25, -0.2) is 0 Å². The maximum absolute atomic E-state index is 8.43. The summed E-state index contributed by atoms with van der Waals surface area (Å²) < 4.78 is 5.24. The molecule has 5 heteroatoms. The molecule has 13 heavy (non-hydrogen) atoms. The monoisotopic (exact) mass is 187 g/mol. The molecule has 0 unspecified atom stereocenters. The second-order valence-electron chi connectivity index (χ2n) is 3.39. The second kappa shape index (κ2) is 4.91. The Morgan fingerprint density at radius 2 is 2.23 bits per heavy atom. The minimum atomic E-state index is 0.173. The molecule has 1 aliphatic heterocycles. The van der Waals surface area contributed by atoms with Crippen LogP contribution in [0.4, 0.5) is 0 Å². The first-order valence-electron chi connectivity index (χ1n) is 4.50. The molecular weight excluding hydrogens is 170 g/mol. The Hall–Kier alpha value is -0.970. The van der Waals surface area contributed by atoms with Crippen molar-refractivity contribution in [3.8, 4) is 0 Å². The standard InChI is InChI=1S/C8H17N3O2/c1-11(8(9)10-12)6-7-2-4-13-5-3-7/h7,12H,2-6H2,1H3,(H2,9,10). The molecule has 1 heterocycles. The van der Waals surface area contributed by atoms with Crippen LogP contribution in [0.15, 0.2) is 5.16 Å². The lowest BCUT2D eigenvalue weighted by Gasteiger charge is -2.27. The summed E-state index contributed by atoms with van der Waals surface area (Å²) in [4.78, 5) is 1.76. The Kier molecular flexibility index (Phi) is 3.82. The van der Waals surface area contributed by atoms with E-state index in [1.165, 1.54) is 0 Å². The molecule has 0 spiro atoms. The quantitative estimate of drug-likeness (QED) is 0.277. The van der Waals surface area contributed by atoms with Gasteiger partial charge in [0.05, 0.1) is 0 Å². The van der Waals surface area contributed by atoms with Gasteiger partial charge in [0, 0.05) is 26.8 Å². The highest BCUT2D eigenvalue weighted by Crippen LogP contribution is 2.15. The number of nitrogens with zero attached hydrogens (tertiary/aromatic N) is 2. The molecule has 1 fully saturated rings. The Bertz CT molecular complexity index is 178. The van der Waals surface area contributed by atoms with Crippen LogP contribution >= 0.6 is 0 Å². The summed E-state index contributed by atoms with van der Waals surface area (Å²) in [5, 5.41) is 11.4. The fraction of sp³-hybridized carbons (Fsp3) is 0.875.